The Hall–Kier alpha value is -4.30. The molecule has 5 aromatic carbocycles. The molecule has 0 N–H and O–H groups in total. The minimum Gasteiger partial charge on any atom is -0.456 e. The zero-order valence-corrected chi connectivity index (χ0v) is 19.5. The van der Waals surface area contributed by atoms with Crippen molar-refractivity contribution in [1.82, 2.24) is 4.40 Å². The third-order valence-corrected chi connectivity index (χ3v) is 8.49. The molecule has 0 saturated carbocycles. The number of para-hydroxylation sites is 2. The van der Waals surface area contributed by atoms with E-state index in [-0.39, 0.29) is 5.41 Å². The summed E-state index contributed by atoms with van der Waals surface area (Å²) in [6, 6.07) is 33.1. The third-order valence-electron chi connectivity index (χ3n) is 8.49. The van der Waals surface area contributed by atoms with Gasteiger partial charge in [-0.3, -0.25) is 0 Å². The number of nitrogens with zero attached hydrogens (tertiary/aromatic N) is 1. The first-order chi connectivity index (χ1) is 17.1. The van der Waals surface area contributed by atoms with Gasteiger partial charge in [0.05, 0.1) is 16.6 Å². The summed E-state index contributed by atoms with van der Waals surface area (Å²) >= 11 is 0. The van der Waals surface area contributed by atoms with Crippen molar-refractivity contribution in [2.75, 3.05) is 0 Å². The summed E-state index contributed by atoms with van der Waals surface area (Å²) in [7, 11) is 0. The lowest BCUT2D eigenvalue weighted by Gasteiger charge is -2.22. The van der Waals surface area contributed by atoms with Crippen LogP contribution in [-0.2, 0) is 5.41 Å². The van der Waals surface area contributed by atoms with E-state index < -0.39 is 0 Å². The van der Waals surface area contributed by atoms with Crippen LogP contribution in [-0.4, -0.2) is 4.40 Å². The average molecular weight is 448 g/mol. The Bertz CT molecular complexity index is 2190. The normalized spacial score (nSPS) is 14.8. The Morgan fingerprint density at radius 3 is 2.29 bits per heavy atom. The molecule has 0 bridgehead atoms. The number of hydrogen-bond donors (Lipinski definition) is 0. The highest BCUT2D eigenvalue weighted by Gasteiger charge is 2.39. The second-order valence-corrected chi connectivity index (χ2v) is 10.5. The molecule has 164 valence electrons. The molecule has 1 aliphatic carbocycles. The van der Waals surface area contributed by atoms with Crippen LogP contribution in [0.1, 0.15) is 25.0 Å². The van der Waals surface area contributed by atoms with Crippen molar-refractivity contribution in [2.24, 2.45) is 0 Å². The maximum absolute atomic E-state index is 6.36. The van der Waals surface area contributed by atoms with E-state index in [9.17, 15) is 0 Å². The van der Waals surface area contributed by atoms with E-state index in [1.54, 1.807) is 0 Å². The number of rotatable bonds is 0. The molecule has 0 spiro atoms. The van der Waals surface area contributed by atoms with Crippen molar-refractivity contribution in [1.29, 1.82) is 0 Å². The molecule has 0 saturated heterocycles. The first kappa shape index (κ1) is 18.1. The first-order valence-electron chi connectivity index (χ1n) is 12.3. The smallest absolute Gasteiger partial charge is 0.136 e. The predicted molar refractivity (Wildman–Crippen MR) is 146 cm³/mol. The zero-order valence-electron chi connectivity index (χ0n) is 19.5. The summed E-state index contributed by atoms with van der Waals surface area (Å²) in [6.07, 6.45) is 0. The largest absolute Gasteiger partial charge is 0.456 e. The second kappa shape index (κ2) is 5.67. The standard InChI is InChI=1S/C33H21NO/c1-33(2)23-12-6-3-9-18(23)21-17-22-19-10-4-7-13-24(19)34-25-15-16-27-28(20-11-5-8-14-26(20)35-27)29(25)30(31(21)33)32(22)34/h3-17H,1-2H3. The highest BCUT2D eigenvalue weighted by molar-refractivity contribution is 6.34. The lowest BCUT2D eigenvalue weighted by molar-refractivity contribution is 0.666. The molecule has 0 radical (unpaired) electrons. The van der Waals surface area contributed by atoms with Crippen molar-refractivity contribution in [2.45, 2.75) is 19.3 Å². The maximum Gasteiger partial charge on any atom is 0.136 e. The highest BCUT2D eigenvalue weighted by Crippen LogP contribution is 2.56. The molecule has 2 heteroatoms. The van der Waals surface area contributed by atoms with Crippen LogP contribution >= 0.6 is 0 Å². The molecular weight excluding hydrogens is 426 g/mol. The van der Waals surface area contributed by atoms with Gasteiger partial charge in [-0.1, -0.05) is 74.5 Å². The number of hydrogen-bond acceptors (Lipinski definition) is 1. The molecule has 3 heterocycles. The molecule has 0 atom stereocenters. The SMILES string of the molecule is CC1(C)c2ccccc2-c2cc3c4ccccc4n4c5ccc6oc7ccccc7c6c5c(c21)c34. The van der Waals surface area contributed by atoms with Crippen LogP contribution in [0.5, 0.6) is 0 Å². The van der Waals surface area contributed by atoms with Gasteiger partial charge in [0.15, 0.2) is 0 Å². The van der Waals surface area contributed by atoms with Crippen LogP contribution in [0, 0.1) is 0 Å². The quantitative estimate of drug-likeness (QED) is 0.227. The summed E-state index contributed by atoms with van der Waals surface area (Å²) in [6.45, 7) is 4.78. The third kappa shape index (κ3) is 1.89. The van der Waals surface area contributed by atoms with Crippen molar-refractivity contribution in [3.8, 4) is 11.1 Å². The summed E-state index contributed by atoms with van der Waals surface area (Å²) in [5.41, 5.74) is 11.2. The van der Waals surface area contributed by atoms with Gasteiger partial charge in [0.25, 0.3) is 0 Å². The fraction of sp³-hybridized carbons (Fsp3) is 0.0909. The molecule has 3 aromatic heterocycles. The van der Waals surface area contributed by atoms with E-state index in [0.717, 1.165) is 11.2 Å². The Kier molecular flexibility index (Phi) is 2.93. The highest BCUT2D eigenvalue weighted by atomic mass is 16.3. The average Bonchev–Trinajstić information content (AvgIpc) is 3.58. The van der Waals surface area contributed by atoms with Gasteiger partial charge in [0.2, 0.25) is 0 Å². The van der Waals surface area contributed by atoms with Crippen LogP contribution in [0.2, 0.25) is 0 Å². The van der Waals surface area contributed by atoms with E-state index in [0.29, 0.717) is 0 Å². The van der Waals surface area contributed by atoms with Gasteiger partial charge < -0.3 is 8.82 Å². The van der Waals surface area contributed by atoms with Gasteiger partial charge in [-0.05, 0) is 52.6 Å². The second-order valence-electron chi connectivity index (χ2n) is 10.5. The van der Waals surface area contributed by atoms with Crippen molar-refractivity contribution in [3.63, 3.8) is 0 Å². The Morgan fingerprint density at radius 2 is 1.37 bits per heavy atom. The van der Waals surface area contributed by atoms with Gasteiger partial charge in [-0.25, -0.2) is 0 Å². The lowest BCUT2D eigenvalue weighted by atomic mass is 9.80. The van der Waals surface area contributed by atoms with Gasteiger partial charge in [-0.15, -0.1) is 0 Å². The minimum absolute atomic E-state index is 0.0972. The molecule has 0 unspecified atom stereocenters. The number of fused-ring (bicyclic) bond motifs is 14. The van der Waals surface area contributed by atoms with E-state index in [4.69, 9.17) is 4.42 Å². The van der Waals surface area contributed by atoms with Gasteiger partial charge in [0, 0.05) is 37.7 Å². The molecule has 8 aromatic rings. The van der Waals surface area contributed by atoms with Crippen LogP contribution in [0.25, 0.3) is 71.2 Å². The molecule has 9 rings (SSSR count). The van der Waals surface area contributed by atoms with Crippen LogP contribution in [0.3, 0.4) is 0 Å². The predicted octanol–water partition coefficient (Wildman–Crippen LogP) is 9.04. The first-order valence-corrected chi connectivity index (χ1v) is 12.3. The van der Waals surface area contributed by atoms with E-state index in [1.807, 2.05) is 0 Å². The van der Waals surface area contributed by atoms with Gasteiger partial charge in [-0.2, -0.15) is 0 Å². The zero-order chi connectivity index (χ0) is 23.1. The van der Waals surface area contributed by atoms with Gasteiger partial charge >= 0.3 is 0 Å². The van der Waals surface area contributed by atoms with Crippen molar-refractivity contribution in [3.05, 3.63) is 102 Å². The fourth-order valence-corrected chi connectivity index (χ4v) is 7.12. The molecule has 0 fully saturated rings. The Labute approximate surface area is 201 Å². The van der Waals surface area contributed by atoms with Crippen molar-refractivity contribution >= 4 is 60.0 Å². The van der Waals surface area contributed by atoms with E-state index in [2.05, 4.69) is 109 Å². The Balaban J connectivity index is 1.68. The summed E-state index contributed by atoms with van der Waals surface area (Å²) in [4.78, 5) is 0. The van der Waals surface area contributed by atoms with Crippen LogP contribution in [0.4, 0.5) is 0 Å². The van der Waals surface area contributed by atoms with Gasteiger partial charge in [0.1, 0.15) is 11.2 Å². The number of furan rings is 1. The molecular formula is C33H21NO. The van der Waals surface area contributed by atoms with Crippen molar-refractivity contribution < 1.29 is 4.42 Å². The molecule has 1 aliphatic rings. The lowest BCUT2D eigenvalue weighted by Crippen LogP contribution is -2.15. The van der Waals surface area contributed by atoms with Crippen LogP contribution in [0.15, 0.2) is 95.4 Å². The Morgan fingerprint density at radius 1 is 0.600 bits per heavy atom. The topological polar surface area (TPSA) is 17.6 Å². The number of benzene rings is 5. The minimum atomic E-state index is -0.0972. The molecule has 2 nitrogen and oxygen atoms in total. The summed E-state index contributed by atoms with van der Waals surface area (Å²) < 4.78 is 8.86. The summed E-state index contributed by atoms with van der Waals surface area (Å²) in [5, 5.41) is 7.76. The summed E-state index contributed by atoms with van der Waals surface area (Å²) in [5.74, 6) is 0. The fourth-order valence-electron chi connectivity index (χ4n) is 7.12. The molecule has 0 amide bonds. The van der Waals surface area contributed by atoms with E-state index in [1.165, 1.54) is 71.1 Å². The van der Waals surface area contributed by atoms with Crippen LogP contribution < -0.4 is 0 Å². The van der Waals surface area contributed by atoms with E-state index >= 15 is 0 Å². The molecule has 35 heavy (non-hydrogen) atoms. The molecule has 0 aliphatic heterocycles. The monoisotopic (exact) mass is 447 g/mol. The number of aromatic nitrogens is 1. The maximum atomic E-state index is 6.36.